The van der Waals surface area contributed by atoms with Gasteiger partial charge in [0.05, 0.1) is 0 Å². The Labute approximate surface area is 570 Å². The molecule has 4 nitrogen and oxygen atoms in total. The first-order valence-electron chi connectivity index (χ1n) is 27.6. The first-order valence-corrected chi connectivity index (χ1v) is 46.4. The summed E-state index contributed by atoms with van der Waals surface area (Å²) < 4.78 is 18.4. The van der Waals surface area contributed by atoms with Crippen LogP contribution in [-0.4, -0.2) is 99.7 Å². The Hall–Kier alpha value is -6.97. The SMILES string of the molecule is [N-]=C=S.[N-]=C=S.[N-]=C=S.[N-]=C=S.c1cc[c]([Sn+]([c]2ccccc2)[c]2ccccc2)cc1.c1cc[c]([Sn+]([c]2ccccc2)[c]2ccccc2)cc1.c1cc[c]([Sn+]([c]2ccccc2)[c]2ccccc2)cc1.c1cc[c]([Sn+]([c]2ccccc2)[c]2ccccc2)cc1. The minimum atomic E-state index is -1.98. The molecule has 0 aliphatic heterocycles. The number of thiocarbonyl (C=S) groups is 4. The molecule has 0 amide bonds. The van der Waals surface area contributed by atoms with Crippen LogP contribution in [0.4, 0.5) is 0 Å². The molecule has 88 heavy (non-hydrogen) atoms. The first kappa shape index (κ1) is 71.8. The molecule has 0 saturated carbocycles. The van der Waals surface area contributed by atoms with E-state index < -0.39 is 79.0 Å². The summed E-state index contributed by atoms with van der Waals surface area (Å²) in [6.45, 7) is 0. The Morgan fingerprint density at radius 3 is 0.261 bits per heavy atom. The van der Waals surface area contributed by atoms with E-state index in [0.717, 1.165) is 0 Å². The summed E-state index contributed by atoms with van der Waals surface area (Å²) in [5.74, 6) is 0. The quantitative estimate of drug-likeness (QED) is 0.0692. The van der Waals surface area contributed by atoms with Crippen molar-refractivity contribution in [2.24, 2.45) is 0 Å². The number of nitrogens with zero attached hydrogens (tertiary/aromatic N) is 4. The number of benzene rings is 12. The van der Waals surface area contributed by atoms with Crippen molar-refractivity contribution < 1.29 is 0 Å². The maximum absolute atomic E-state index is 7.13. The normalized spacial score (nSPS) is 9.09. The molecule has 12 rings (SSSR count). The number of hydrogen-bond donors (Lipinski definition) is 0. The van der Waals surface area contributed by atoms with Crippen LogP contribution in [0.5, 0.6) is 0 Å². The fourth-order valence-electron chi connectivity index (χ4n) is 9.26. The van der Waals surface area contributed by atoms with Crippen LogP contribution in [0, 0.1) is 0 Å². The van der Waals surface area contributed by atoms with Gasteiger partial charge in [0, 0.05) is 0 Å². The molecule has 0 heterocycles. The molecule has 0 aliphatic carbocycles. The van der Waals surface area contributed by atoms with E-state index in [2.05, 4.69) is 413 Å². The van der Waals surface area contributed by atoms with Gasteiger partial charge >= 0.3 is 486 Å². The molecule has 12 aromatic carbocycles. The molecule has 0 aliphatic rings. The molecule has 424 valence electrons. The minimum absolute atomic E-state index is 1.33. The summed E-state index contributed by atoms with van der Waals surface area (Å²) in [6.07, 6.45) is 0. The third kappa shape index (κ3) is 25.6. The van der Waals surface area contributed by atoms with Crippen LogP contribution in [0.3, 0.4) is 0 Å². The van der Waals surface area contributed by atoms with Crippen LogP contribution >= 0.6 is 48.9 Å². The van der Waals surface area contributed by atoms with Crippen LogP contribution in [0.25, 0.3) is 21.6 Å². The summed E-state index contributed by atoms with van der Waals surface area (Å²) in [5, 5.41) is 33.9. The van der Waals surface area contributed by atoms with Crippen LogP contribution in [0.2, 0.25) is 0 Å². The Morgan fingerprint density at radius 1 is 0.148 bits per heavy atom. The van der Waals surface area contributed by atoms with Gasteiger partial charge in [-0.15, -0.1) is 0 Å². The number of hydrogen-bond acceptors (Lipinski definition) is 4. The van der Waals surface area contributed by atoms with Crippen molar-refractivity contribution in [2.75, 3.05) is 0 Å². The molecule has 12 heteroatoms. The zero-order valence-electron chi connectivity index (χ0n) is 48.1. The molecular weight excluding hydrogens is 1570 g/mol. The van der Waals surface area contributed by atoms with E-state index >= 15 is 0 Å². The van der Waals surface area contributed by atoms with Crippen molar-refractivity contribution >= 4 is 192 Å². The van der Waals surface area contributed by atoms with Crippen LogP contribution in [0.1, 0.15) is 0 Å². The van der Waals surface area contributed by atoms with E-state index in [4.69, 9.17) is 21.6 Å². The van der Waals surface area contributed by atoms with Gasteiger partial charge in [0.25, 0.3) is 0 Å². The van der Waals surface area contributed by atoms with Gasteiger partial charge in [0.15, 0.2) is 0 Å². The van der Waals surface area contributed by atoms with E-state index in [9.17, 15) is 0 Å². The third-order valence-electron chi connectivity index (χ3n) is 12.7. The Balaban J connectivity index is 0.000000201. The number of isothiocyanates is 4. The van der Waals surface area contributed by atoms with Crippen LogP contribution in [-0.2, 0) is 0 Å². The predicted molar refractivity (Wildman–Crippen MR) is 400 cm³/mol. The molecule has 0 bridgehead atoms. The average Bonchev–Trinajstić information content (AvgIpc) is 3.57. The summed E-state index contributed by atoms with van der Waals surface area (Å²) >= 11 is 6.87. The van der Waals surface area contributed by atoms with Gasteiger partial charge in [0.1, 0.15) is 0 Å². The van der Waals surface area contributed by atoms with Crippen LogP contribution < -0.4 is 43.0 Å². The fraction of sp³-hybridized carbons (Fsp3) is 0. The Bertz CT molecular complexity index is 2980. The summed E-state index contributed by atoms with van der Waals surface area (Å²) in [5.41, 5.74) is 0. The fourth-order valence-corrected chi connectivity index (χ4v) is 38.7. The second-order valence-corrected chi connectivity index (χ2v) is 47.3. The predicted octanol–water partition coefficient (Wildman–Crippen LogP) is 11.4. The summed E-state index contributed by atoms with van der Waals surface area (Å²) in [7, 11) is 0. The van der Waals surface area contributed by atoms with Gasteiger partial charge < -0.3 is 21.6 Å². The molecular formula is C76H60N4S4Sn4. The molecule has 0 unspecified atom stereocenters. The van der Waals surface area contributed by atoms with Gasteiger partial charge in [-0.05, 0) is 0 Å². The van der Waals surface area contributed by atoms with Gasteiger partial charge in [0.2, 0.25) is 0 Å². The first-order chi connectivity index (χ1) is 43.5. The van der Waals surface area contributed by atoms with Gasteiger partial charge in [-0.25, -0.2) is 0 Å². The zero-order chi connectivity index (χ0) is 62.5. The second-order valence-electron chi connectivity index (χ2n) is 18.3. The summed E-state index contributed by atoms with van der Waals surface area (Å²) in [4.78, 5) is 0. The summed E-state index contributed by atoms with van der Waals surface area (Å²) in [6, 6.07) is 132. The van der Waals surface area contributed by atoms with Crippen molar-refractivity contribution in [1.29, 1.82) is 0 Å². The van der Waals surface area contributed by atoms with E-state index in [0.29, 0.717) is 0 Å². The molecule has 12 aromatic rings. The Morgan fingerprint density at radius 2 is 0.205 bits per heavy atom. The van der Waals surface area contributed by atoms with E-state index in [1.54, 1.807) is 0 Å². The van der Waals surface area contributed by atoms with Gasteiger partial charge in [-0.1, -0.05) is 48.9 Å². The molecule has 0 atom stereocenters. The second kappa shape index (κ2) is 45.3. The Kier molecular flexibility index (Phi) is 37.0. The number of rotatable bonds is 12. The molecule has 0 aromatic heterocycles. The third-order valence-corrected chi connectivity index (χ3v) is 43.9. The van der Waals surface area contributed by atoms with Crippen molar-refractivity contribution in [3.05, 3.63) is 386 Å². The molecule has 0 saturated heterocycles. The molecule has 0 fully saturated rings. The van der Waals surface area contributed by atoms with E-state index in [1.165, 1.54) is 63.6 Å². The maximum atomic E-state index is 7.13. The van der Waals surface area contributed by atoms with E-state index in [1.807, 2.05) is 0 Å². The standard InChI is InChI=1S/12C6H5.4CNS.4Sn/c12*1-2-4-6-5-3-1;4*2-1-3;;;;/h12*1-5H;;;;;;;;/q;;;;;;;;;;;;4*-1;4*+1. The molecule has 0 N–H and O–H groups in total. The van der Waals surface area contributed by atoms with Crippen LogP contribution in [0.15, 0.2) is 364 Å². The molecule has 0 spiro atoms. The zero-order valence-corrected chi connectivity index (χ0v) is 62.7. The van der Waals surface area contributed by atoms with Crippen molar-refractivity contribution in [1.82, 2.24) is 0 Å². The van der Waals surface area contributed by atoms with Gasteiger partial charge in [-0.2, -0.15) is 20.6 Å². The van der Waals surface area contributed by atoms with Crippen molar-refractivity contribution in [2.45, 2.75) is 0 Å². The van der Waals surface area contributed by atoms with Crippen molar-refractivity contribution in [3.63, 3.8) is 0 Å². The van der Waals surface area contributed by atoms with Crippen molar-refractivity contribution in [3.8, 4) is 0 Å². The average molecular weight is 1630 g/mol. The topological polar surface area (TPSA) is 89.2 Å². The monoisotopic (exact) mass is 1640 g/mol. The molecule has 0 radical (unpaired) electrons. The van der Waals surface area contributed by atoms with Gasteiger partial charge in [-0.3, -0.25) is 0 Å². The van der Waals surface area contributed by atoms with E-state index in [-0.39, 0.29) is 0 Å².